The first-order valence-corrected chi connectivity index (χ1v) is 13.2. The molecule has 1 radical (unpaired) electrons. The van der Waals surface area contributed by atoms with E-state index in [4.69, 9.17) is 0 Å². The zero-order valence-electron chi connectivity index (χ0n) is 23.5. The molecule has 4 nitrogen and oxygen atoms in total. The molecule has 5 aromatic rings. The topological polar surface area (TPSA) is 54.0 Å². The zero-order chi connectivity index (χ0) is 27.7. The van der Waals surface area contributed by atoms with E-state index in [0.29, 0.717) is 12.1 Å². The van der Waals surface area contributed by atoms with E-state index in [1.807, 2.05) is 103 Å². The van der Waals surface area contributed by atoms with Crippen molar-refractivity contribution < 1.29 is 20.1 Å². The largest absolute Gasteiger partial charge is 0.672 e. The molecule has 209 valence electrons. The van der Waals surface area contributed by atoms with Crippen molar-refractivity contribution in [3.63, 3.8) is 0 Å². The van der Waals surface area contributed by atoms with Crippen LogP contribution in [0.4, 0.5) is 0 Å². The fourth-order valence-electron chi connectivity index (χ4n) is 3.55. The first-order valence-electron chi connectivity index (χ1n) is 13.2. The van der Waals surface area contributed by atoms with Crippen molar-refractivity contribution >= 4 is 0 Å². The molecule has 0 bridgehead atoms. The van der Waals surface area contributed by atoms with E-state index in [2.05, 4.69) is 72.6 Å². The van der Waals surface area contributed by atoms with Crippen molar-refractivity contribution in [1.29, 1.82) is 0 Å². The van der Waals surface area contributed by atoms with Crippen LogP contribution in [0.5, 0.6) is 0 Å². The molecule has 0 fully saturated rings. The van der Waals surface area contributed by atoms with Gasteiger partial charge in [-0.15, -0.1) is 83.9 Å². The van der Waals surface area contributed by atoms with Crippen LogP contribution >= 0.6 is 0 Å². The van der Waals surface area contributed by atoms with Gasteiger partial charge in [-0.25, -0.2) is 6.17 Å². The summed E-state index contributed by atoms with van der Waals surface area (Å²) in [6.45, 7) is 8.36. The Labute approximate surface area is 253 Å². The summed E-state index contributed by atoms with van der Waals surface area (Å²) in [4.78, 5) is 8.44. The van der Waals surface area contributed by atoms with E-state index in [-0.39, 0.29) is 26.3 Å². The second-order valence-electron chi connectivity index (χ2n) is 9.25. The number of nitrogens with zero attached hydrogens (tertiary/aromatic N) is 4. The quantitative estimate of drug-likeness (QED) is 0.159. The number of pyridine rings is 2. The van der Waals surface area contributed by atoms with Gasteiger partial charge in [0.05, 0.1) is 0 Å². The van der Waals surface area contributed by atoms with Gasteiger partial charge in [0.1, 0.15) is 0 Å². The monoisotopic (exact) mass is 705 g/mol. The van der Waals surface area contributed by atoms with Crippen LogP contribution < -0.4 is 0 Å². The van der Waals surface area contributed by atoms with E-state index in [0.717, 1.165) is 22.5 Å². The summed E-state index contributed by atoms with van der Waals surface area (Å²) < 4.78 is 0. The first-order chi connectivity index (χ1) is 19.0. The fourth-order valence-corrected chi connectivity index (χ4v) is 3.55. The first kappa shape index (κ1) is 32.7. The summed E-state index contributed by atoms with van der Waals surface area (Å²) in [6, 6.07) is 44.5. The Morgan fingerprint density at radius 1 is 0.525 bits per heavy atom. The van der Waals surface area contributed by atoms with Gasteiger partial charge in [0.15, 0.2) is 0 Å². The molecule has 0 amide bonds. The van der Waals surface area contributed by atoms with Gasteiger partial charge in [0.2, 0.25) is 0 Å². The molecule has 0 saturated heterocycles. The molecule has 0 atom stereocenters. The Bertz CT molecular complexity index is 1120. The molecule has 5 heteroatoms. The summed E-state index contributed by atoms with van der Waals surface area (Å²) >= 11 is 0. The number of benzene rings is 3. The smallest absolute Gasteiger partial charge is 0.0160 e. The minimum absolute atomic E-state index is 0. The molecule has 0 aliphatic carbocycles. The van der Waals surface area contributed by atoms with Gasteiger partial charge in [-0.2, -0.15) is 0 Å². The summed E-state index contributed by atoms with van der Waals surface area (Å²) in [5.41, 5.74) is 5.20. The van der Waals surface area contributed by atoms with Gasteiger partial charge in [0, 0.05) is 32.5 Å². The molecule has 3 aromatic carbocycles. The van der Waals surface area contributed by atoms with E-state index < -0.39 is 0 Å². The summed E-state index contributed by atoms with van der Waals surface area (Å²) in [5, 5.41) is 9.24. The molecule has 5 rings (SSSR count). The van der Waals surface area contributed by atoms with Crippen LogP contribution in [0.1, 0.15) is 39.4 Å². The Morgan fingerprint density at radius 2 is 0.950 bits per heavy atom. The average Bonchev–Trinajstić information content (AvgIpc) is 2.99. The van der Waals surface area contributed by atoms with Crippen LogP contribution in [0.15, 0.2) is 128 Å². The van der Waals surface area contributed by atoms with E-state index in [1.165, 1.54) is 5.56 Å². The minimum Gasteiger partial charge on any atom is -0.672 e. The maximum atomic E-state index is 4.62. The van der Waals surface area contributed by atoms with Crippen molar-refractivity contribution in [3.8, 4) is 22.5 Å². The van der Waals surface area contributed by atoms with Gasteiger partial charge in [-0.05, 0) is 23.5 Å². The van der Waals surface area contributed by atoms with E-state index in [1.54, 1.807) is 12.4 Å². The molecule has 2 heterocycles. The molecule has 40 heavy (non-hydrogen) atoms. The third kappa shape index (κ3) is 12.1. The fraction of sp³-hybridized carbons (Fsp3) is 0.200. The minimum atomic E-state index is -0.00815. The number of hydrogen-bond acceptors (Lipinski definition) is 2. The van der Waals surface area contributed by atoms with Crippen LogP contribution in [0.2, 0.25) is 0 Å². The summed E-state index contributed by atoms with van der Waals surface area (Å²) in [7, 11) is 0. The van der Waals surface area contributed by atoms with Gasteiger partial charge in [0.25, 0.3) is 0 Å². The Balaban J connectivity index is 0.000000209. The third-order valence-corrected chi connectivity index (χ3v) is 5.28. The van der Waals surface area contributed by atoms with Crippen molar-refractivity contribution in [2.45, 2.75) is 45.9 Å². The van der Waals surface area contributed by atoms with Gasteiger partial charge < -0.3 is 20.6 Å². The predicted molar refractivity (Wildman–Crippen MR) is 163 cm³/mol. The molecule has 2 aromatic heterocycles. The second-order valence-corrected chi connectivity index (χ2v) is 9.25. The van der Waals surface area contributed by atoms with Gasteiger partial charge in [-0.1, -0.05) is 87.9 Å². The zero-order valence-corrected chi connectivity index (χ0v) is 25.9. The molecule has 0 spiro atoms. The van der Waals surface area contributed by atoms with Gasteiger partial charge in [-0.3, -0.25) is 0 Å². The Kier molecular flexibility index (Phi) is 15.3. The van der Waals surface area contributed by atoms with Crippen molar-refractivity contribution in [2.75, 3.05) is 0 Å². The third-order valence-electron chi connectivity index (χ3n) is 5.28. The summed E-state index contributed by atoms with van der Waals surface area (Å²) in [6.07, 6.45) is 3.57. The maximum Gasteiger partial charge on any atom is 0.0160 e. The van der Waals surface area contributed by atoms with Crippen molar-refractivity contribution in [3.05, 3.63) is 156 Å². The second kappa shape index (κ2) is 18.8. The van der Waals surface area contributed by atoms with Crippen LogP contribution in [0, 0.1) is 12.1 Å². The molecular weight excluding hydrogens is 669 g/mol. The number of hydrogen-bond donors (Lipinski definition) is 0. The predicted octanol–water partition coefficient (Wildman–Crippen LogP) is 9.34. The molecule has 0 aliphatic heterocycles. The SMILES string of the molecule is CC(C)[N-]C([N-]C(C)C)c1ccccc1.[Ir].[c-]1ccccc1-c1ccccn1.[c-]1ccccc1-c1ccccn1. The van der Waals surface area contributed by atoms with Crippen LogP contribution in [0.3, 0.4) is 0 Å². The maximum absolute atomic E-state index is 4.62. The molecule has 0 N–H and O–H groups in total. The number of aromatic nitrogens is 2. The molecule has 0 saturated carbocycles. The van der Waals surface area contributed by atoms with Crippen LogP contribution in [-0.4, -0.2) is 22.1 Å². The molecule has 0 aliphatic rings. The van der Waals surface area contributed by atoms with Crippen molar-refractivity contribution in [2.24, 2.45) is 0 Å². The molecule has 0 unspecified atom stereocenters. The number of rotatable bonds is 7. The normalized spacial score (nSPS) is 10.2. The van der Waals surface area contributed by atoms with Crippen molar-refractivity contribution in [1.82, 2.24) is 9.97 Å². The van der Waals surface area contributed by atoms with Gasteiger partial charge >= 0.3 is 0 Å². The standard InChI is InChI=1S/C13H20N2.2C11H8N.Ir/c1-10(2)14-13(15-11(3)4)12-8-6-5-7-9-12;2*1-2-6-10(7-3-1)11-8-4-5-9-12-11;/h5-11,13H,1-4H3;2*1-6,8-9H;/q-2;2*-1;. The van der Waals surface area contributed by atoms with Crippen LogP contribution in [-0.2, 0) is 20.1 Å². The Morgan fingerprint density at radius 3 is 1.30 bits per heavy atom. The van der Waals surface area contributed by atoms with Crippen LogP contribution in [0.25, 0.3) is 33.1 Å². The average molecular weight is 705 g/mol. The molecular formula is C35H36IrN4-4. The van der Waals surface area contributed by atoms with E-state index >= 15 is 0 Å². The summed E-state index contributed by atoms with van der Waals surface area (Å²) in [5.74, 6) is 0. The van der Waals surface area contributed by atoms with E-state index in [9.17, 15) is 0 Å². The Hall–Kier alpha value is -3.47.